The summed E-state index contributed by atoms with van der Waals surface area (Å²) in [5.74, 6) is 1.73. The number of benzene rings is 1. The molecule has 1 aromatic carbocycles. The van der Waals surface area contributed by atoms with E-state index in [1.54, 1.807) is 12.4 Å². The molecular weight excluding hydrogens is 386 g/mol. The Morgan fingerprint density at radius 1 is 1.10 bits per heavy atom. The number of likely N-dealkylation sites (N-methyl/N-ethyl adjacent to an activating group) is 1. The molecule has 0 N–H and O–H groups in total. The van der Waals surface area contributed by atoms with Gasteiger partial charge in [-0.25, -0.2) is 0 Å². The lowest BCUT2D eigenvalue weighted by Crippen LogP contribution is -2.46. The molecule has 1 aliphatic carbocycles. The first-order valence-corrected chi connectivity index (χ1v) is 11.1. The summed E-state index contributed by atoms with van der Waals surface area (Å²) in [5.41, 5.74) is 3.29. The van der Waals surface area contributed by atoms with Gasteiger partial charge in [-0.2, -0.15) is 5.26 Å². The fourth-order valence-electron chi connectivity index (χ4n) is 5.31. The zero-order valence-corrected chi connectivity index (χ0v) is 18.0. The Kier molecular flexibility index (Phi) is 7.74. The maximum atomic E-state index is 12.8. The van der Waals surface area contributed by atoms with Crippen LogP contribution >= 0.6 is 0 Å². The zero-order chi connectivity index (χ0) is 21.1. The molecule has 1 saturated heterocycles. The number of fused-ring (bicyclic) bond motifs is 1. The minimum Gasteiger partial charge on any atom is -0.304 e. The number of Topliss-reactive ketones (excluding diaryl/α,β-unsaturated/α-hetero) is 1. The summed E-state index contributed by atoms with van der Waals surface area (Å²) in [4.78, 5) is 26.4. The van der Waals surface area contributed by atoms with Crippen molar-refractivity contribution in [3.8, 4) is 6.07 Å². The van der Waals surface area contributed by atoms with Crippen molar-refractivity contribution >= 4 is 16.8 Å². The maximum absolute atomic E-state index is 12.8. The first-order chi connectivity index (χ1) is 14.5. The second kappa shape index (κ2) is 10.3. The average molecular weight is 422 g/mol. The van der Waals surface area contributed by atoms with Gasteiger partial charge in [0.05, 0.1) is 17.6 Å². The summed E-state index contributed by atoms with van der Waals surface area (Å²) >= 11 is 0. The van der Waals surface area contributed by atoms with E-state index >= 15 is 0 Å². The number of hydrogen-bond donors (Lipinski definition) is 0. The van der Waals surface area contributed by atoms with Crippen molar-refractivity contribution in [2.45, 2.75) is 46.0 Å². The van der Waals surface area contributed by atoms with Crippen LogP contribution in [0.5, 0.6) is 0 Å². The van der Waals surface area contributed by atoms with Crippen molar-refractivity contribution in [3.63, 3.8) is 0 Å². The molecule has 4 rings (SSSR count). The van der Waals surface area contributed by atoms with Gasteiger partial charge in [0, 0.05) is 45.0 Å². The van der Waals surface area contributed by atoms with Gasteiger partial charge in [0.15, 0.2) is 0 Å². The highest BCUT2D eigenvalue weighted by molar-refractivity contribution is 5.84. The molecule has 2 aliphatic rings. The molecular formula is C25H35N5O. The van der Waals surface area contributed by atoms with Gasteiger partial charge in [0.25, 0.3) is 0 Å². The number of carbonyl (C=O) groups excluding carboxylic acids is 1. The number of ketones is 1. The predicted octanol–water partition coefficient (Wildman–Crippen LogP) is 3.86. The Bertz CT molecular complexity index is 945. The molecule has 2 heterocycles. The molecule has 0 spiro atoms. The monoisotopic (exact) mass is 421 g/mol. The van der Waals surface area contributed by atoms with Crippen molar-refractivity contribution in [2.24, 2.45) is 11.8 Å². The van der Waals surface area contributed by atoms with Crippen LogP contribution in [0.4, 0.5) is 0 Å². The summed E-state index contributed by atoms with van der Waals surface area (Å²) < 4.78 is 0. The van der Waals surface area contributed by atoms with E-state index < -0.39 is 0 Å². The summed E-state index contributed by atoms with van der Waals surface area (Å²) in [6.07, 6.45) is 7.25. The van der Waals surface area contributed by atoms with Crippen molar-refractivity contribution < 1.29 is 4.79 Å². The van der Waals surface area contributed by atoms with Gasteiger partial charge >= 0.3 is 0 Å². The molecule has 6 heteroatoms. The second-order valence-corrected chi connectivity index (χ2v) is 9.27. The molecule has 6 nitrogen and oxygen atoms in total. The molecule has 166 valence electrons. The number of nitriles is 1. The van der Waals surface area contributed by atoms with E-state index in [-0.39, 0.29) is 7.43 Å². The normalized spacial score (nSPS) is 25.0. The van der Waals surface area contributed by atoms with E-state index in [9.17, 15) is 10.1 Å². The summed E-state index contributed by atoms with van der Waals surface area (Å²) in [5, 5.41) is 9.41. The molecule has 1 aliphatic heterocycles. The van der Waals surface area contributed by atoms with Crippen LogP contribution in [0, 0.1) is 23.2 Å². The standard InChI is InChI=1S/C24H31N5O.CH4/c1-17-11-18(14-21(30)16-29-9-7-28(2)8-10-29)13-20(12-17)22-4-3-19(15-25)23-24(22)27-6-5-26-23;/h3-6,17-18,20H,7-14,16H2,1-2H3;1H4/t17-,18+,20-;/m0./s1. The zero-order valence-electron chi connectivity index (χ0n) is 18.0. The largest absolute Gasteiger partial charge is 0.304 e. The van der Waals surface area contributed by atoms with Gasteiger partial charge in [0.2, 0.25) is 0 Å². The molecule has 0 amide bonds. The highest BCUT2D eigenvalue weighted by Gasteiger charge is 2.31. The Hall–Kier alpha value is -2.36. The lowest BCUT2D eigenvalue weighted by atomic mass is 9.71. The van der Waals surface area contributed by atoms with Crippen LogP contribution < -0.4 is 0 Å². The highest BCUT2D eigenvalue weighted by Crippen LogP contribution is 2.42. The van der Waals surface area contributed by atoms with Gasteiger partial charge in [-0.3, -0.25) is 19.7 Å². The van der Waals surface area contributed by atoms with Gasteiger partial charge in [-0.1, -0.05) is 20.4 Å². The van der Waals surface area contributed by atoms with Crippen LogP contribution in [-0.2, 0) is 4.79 Å². The molecule has 1 aromatic heterocycles. The van der Waals surface area contributed by atoms with Crippen LogP contribution in [0.2, 0.25) is 0 Å². The fourth-order valence-corrected chi connectivity index (χ4v) is 5.31. The second-order valence-electron chi connectivity index (χ2n) is 9.27. The minimum absolute atomic E-state index is 0. The lowest BCUT2D eigenvalue weighted by Gasteiger charge is -2.35. The van der Waals surface area contributed by atoms with Crippen LogP contribution in [-0.4, -0.2) is 65.3 Å². The van der Waals surface area contributed by atoms with Crippen molar-refractivity contribution in [1.29, 1.82) is 5.26 Å². The first-order valence-electron chi connectivity index (χ1n) is 11.1. The van der Waals surface area contributed by atoms with Crippen molar-refractivity contribution in [2.75, 3.05) is 39.8 Å². The third-order valence-corrected chi connectivity index (χ3v) is 6.77. The van der Waals surface area contributed by atoms with Crippen LogP contribution in [0.1, 0.15) is 57.1 Å². The minimum atomic E-state index is 0. The number of rotatable bonds is 5. The Labute approximate surface area is 186 Å². The summed E-state index contributed by atoms with van der Waals surface area (Å²) in [6, 6.07) is 6.16. The molecule has 0 bridgehead atoms. The Balaban J connectivity index is 0.00000272. The lowest BCUT2D eigenvalue weighted by molar-refractivity contribution is -0.121. The number of piperazine rings is 1. The van der Waals surface area contributed by atoms with Crippen LogP contribution in [0.3, 0.4) is 0 Å². The molecule has 0 unspecified atom stereocenters. The number of nitrogens with zero attached hydrogens (tertiary/aromatic N) is 5. The number of hydrogen-bond acceptors (Lipinski definition) is 6. The van der Waals surface area contributed by atoms with E-state index in [2.05, 4.69) is 45.9 Å². The maximum Gasteiger partial charge on any atom is 0.147 e. The van der Waals surface area contributed by atoms with E-state index in [0.29, 0.717) is 47.6 Å². The number of aromatic nitrogens is 2. The molecule has 2 fully saturated rings. The van der Waals surface area contributed by atoms with Gasteiger partial charge in [-0.15, -0.1) is 0 Å². The SMILES string of the molecule is C.C[C@H]1C[C@@H](CC(=O)CN2CCN(C)CC2)C[C@@H](c2ccc(C#N)c3nccnc23)C1. The molecule has 0 radical (unpaired) electrons. The van der Waals surface area contributed by atoms with Crippen LogP contribution in [0.25, 0.3) is 11.0 Å². The van der Waals surface area contributed by atoms with E-state index in [4.69, 9.17) is 0 Å². The van der Waals surface area contributed by atoms with E-state index in [1.165, 1.54) is 5.56 Å². The Morgan fingerprint density at radius 3 is 2.52 bits per heavy atom. The Morgan fingerprint density at radius 2 is 1.81 bits per heavy atom. The molecule has 2 aromatic rings. The van der Waals surface area contributed by atoms with E-state index in [1.807, 2.05) is 6.07 Å². The van der Waals surface area contributed by atoms with Gasteiger partial charge in [0.1, 0.15) is 17.4 Å². The predicted molar refractivity (Wildman–Crippen MR) is 124 cm³/mol. The quantitative estimate of drug-likeness (QED) is 0.730. The third kappa shape index (κ3) is 5.47. The molecule has 31 heavy (non-hydrogen) atoms. The van der Waals surface area contributed by atoms with Gasteiger partial charge in [-0.05, 0) is 55.7 Å². The summed E-state index contributed by atoms with van der Waals surface area (Å²) in [7, 11) is 2.14. The third-order valence-electron chi connectivity index (χ3n) is 6.77. The fraction of sp³-hybridized carbons (Fsp3) is 0.600. The van der Waals surface area contributed by atoms with Gasteiger partial charge < -0.3 is 4.90 Å². The number of carbonyl (C=O) groups is 1. The van der Waals surface area contributed by atoms with Crippen molar-refractivity contribution in [3.05, 3.63) is 35.7 Å². The van der Waals surface area contributed by atoms with E-state index in [0.717, 1.165) is 51.0 Å². The average Bonchev–Trinajstić information content (AvgIpc) is 2.74. The highest BCUT2D eigenvalue weighted by atomic mass is 16.1. The first kappa shape index (κ1) is 23.3. The van der Waals surface area contributed by atoms with Crippen molar-refractivity contribution in [1.82, 2.24) is 19.8 Å². The smallest absolute Gasteiger partial charge is 0.147 e. The molecule has 1 saturated carbocycles. The van der Waals surface area contributed by atoms with Crippen LogP contribution in [0.15, 0.2) is 24.5 Å². The topological polar surface area (TPSA) is 73.1 Å². The molecule has 3 atom stereocenters. The summed E-state index contributed by atoms with van der Waals surface area (Å²) in [6.45, 7) is 6.95.